The molecule has 0 saturated carbocycles. The number of rotatable bonds is 2. The number of thiol groups is 1. The van der Waals surface area contributed by atoms with Crippen molar-refractivity contribution in [1.82, 2.24) is 4.98 Å². The van der Waals surface area contributed by atoms with Crippen molar-refractivity contribution in [3.05, 3.63) is 53.5 Å². The summed E-state index contributed by atoms with van der Waals surface area (Å²) in [5.74, 6) is 0.752. The maximum absolute atomic E-state index is 4.48. The Morgan fingerprint density at radius 2 is 1.88 bits per heavy atom. The molecule has 84 valence electrons. The van der Waals surface area contributed by atoms with Gasteiger partial charge in [0.1, 0.15) is 5.01 Å². The molecule has 0 aliphatic heterocycles. The summed E-state index contributed by atoms with van der Waals surface area (Å²) >= 11 is 5.99. The molecule has 3 rings (SSSR count). The molecule has 0 unspecified atom stereocenters. The van der Waals surface area contributed by atoms with Crippen LogP contribution in [0.2, 0.25) is 0 Å². The van der Waals surface area contributed by atoms with Crippen molar-refractivity contribution >= 4 is 34.7 Å². The fraction of sp³-hybridized carbons (Fsp3) is 0.0714. The van der Waals surface area contributed by atoms with Crippen molar-refractivity contribution < 1.29 is 0 Å². The number of thiazole rings is 1. The van der Waals surface area contributed by atoms with Gasteiger partial charge in [0.05, 0.1) is 0 Å². The number of hydrogen-bond donors (Lipinski definition) is 1. The monoisotopic (exact) mass is 257 g/mol. The third kappa shape index (κ3) is 1.96. The quantitative estimate of drug-likeness (QED) is 0.672. The smallest absolute Gasteiger partial charge is 0.124 e. The lowest BCUT2D eigenvalue weighted by atomic mass is 10.1. The minimum atomic E-state index is 0.752. The highest BCUT2D eigenvalue weighted by atomic mass is 32.1. The van der Waals surface area contributed by atoms with Crippen molar-refractivity contribution in [1.29, 1.82) is 0 Å². The van der Waals surface area contributed by atoms with Gasteiger partial charge in [0.15, 0.2) is 0 Å². The van der Waals surface area contributed by atoms with E-state index in [1.54, 1.807) is 11.3 Å². The molecular formula is C14H11NS2. The Morgan fingerprint density at radius 1 is 1.06 bits per heavy atom. The highest BCUT2D eigenvalue weighted by Crippen LogP contribution is 2.31. The molecule has 0 bridgehead atoms. The van der Waals surface area contributed by atoms with Gasteiger partial charge in [-0.25, -0.2) is 4.98 Å². The Labute approximate surface area is 110 Å². The number of nitrogens with zero attached hydrogens (tertiary/aromatic N) is 1. The second-order valence-electron chi connectivity index (χ2n) is 3.82. The minimum Gasteiger partial charge on any atom is -0.244 e. The first-order valence-corrected chi connectivity index (χ1v) is 6.87. The predicted molar refractivity (Wildman–Crippen MR) is 77.7 cm³/mol. The first-order valence-electron chi connectivity index (χ1n) is 5.42. The van der Waals surface area contributed by atoms with Gasteiger partial charge < -0.3 is 0 Å². The molecule has 0 N–H and O–H groups in total. The largest absolute Gasteiger partial charge is 0.244 e. The minimum absolute atomic E-state index is 0.752. The lowest BCUT2D eigenvalue weighted by molar-refractivity contribution is 1.37. The van der Waals surface area contributed by atoms with Crippen molar-refractivity contribution in [2.75, 3.05) is 0 Å². The molecule has 0 radical (unpaired) electrons. The molecular weight excluding hydrogens is 246 g/mol. The highest BCUT2D eigenvalue weighted by molar-refractivity contribution is 7.79. The zero-order valence-electron chi connectivity index (χ0n) is 9.13. The molecule has 1 heterocycles. The van der Waals surface area contributed by atoms with Gasteiger partial charge in [0.25, 0.3) is 0 Å². The van der Waals surface area contributed by atoms with Crippen LogP contribution >= 0.6 is 24.0 Å². The summed E-state index contributed by atoms with van der Waals surface area (Å²) in [5, 5.41) is 3.59. The summed E-state index contributed by atoms with van der Waals surface area (Å²) in [6.45, 7) is 0. The van der Waals surface area contributed by atoms with E-state index in [2.05, 4.69) is 60.1 Å². The maximum atomic E-state index is 4.48. The molecule has 0 amide bonds. The highest BCUT2D eigenvalue weighted by Gasteiger charge is 2.07. The van der Waals surface area contributed by atoms with Crippen LogP contribution in [0.25, 0.3) is 21.3 Å². The van der Waals surface area contributed by atoms with Gasteiger partial charge in [-0.1, -0.05) is 42.5 Å². The summed E-state index contributed by atoms with van der Waals surface area (Å²) in [6.07, 6.45) is 1.91. The Kier molecular flexibility index (Phi) is 2.87. The van der Waals surface area contributed by atoms with Crippen LogP contribution in [0.15, 0.2) is 48.7 Å². The average Bonchev–Trinajstić information content (AvgIpc) is 2.87. The van der Waals surface area contributed by atoms with Crippen LogP contribution in [0, 0.1) is 0 Å². The van der Waals surface area contributed by atoms with E-state index in [0.29, 0.717) is 0 Å². The van der Waals surface area contributed by atoms with E-state index in [4.69, 9.17) is 0 Å². The van der Waals surface area contributed by atoms with Gasteiger partial charge in [0, 0.05) is 22.4 Å². The van der Waals surface area contributed by atoms with Crippen LogP contribution in [0.4, 0.5) is 0 Å². The molecule has 1 aromatic heterocycles. The molecule has 0 saturated heterocycles. The number of aromatic nitrogens is 1. The lowest BCUT2D eigenvalue weighted by Gasteiger charge is -2.02. The lowest BCUT2D eigenvalue weighted by Crippen LogP contribution is -1.78. The van der Waals surface area contributed by atoms with Crippen LogP contribution in [0.5, 0.6) is 0 Å². The summed E-state index contributed by atoms with van der Waals surface area (Å²) in [6, 6.07) is 14.7. The molecule has 0 aliphatic rings. The fourth-order valence-corrected chi connectivity index (χ4v) is 3.00. The van der Waals surface area contributed by atoms with Crippen LogP contribution in [0.3, 0.4) is 0 Å². The predicted octanol–water partition coefficient (Wildman–Crippen LogP) is 4.39. The van der Waals surface area contributed by atoms with Crippen molar-refractivity contribution in [3.63, 3.8) is 0 Å². The number of hydrogen-bond acceptors (Lipinski definition) is 3. The Balaban J connectivity index is 2.23. The van der Waals surface area contributed by atoms with E-state index in [0.717, 1.165) is 10.8 Å². The SMILES string of the molecule is SCc1cnc(-c2cccc3ccccc23)s1. The number of fused-ring (bicyclic) bond motifs is 1. The molecule has 1 nitrogen and oxygen atoms in total. The Hall–Kier alpha value is -1.32. The van der Waals surface area contributed by atoms with E-state index >= 15 is 0 Å². The molecule has 0 atom stereocenters. The molecule has 0 aliphatic carbocycles. The molecule has 3 aromatic rings. The first-order chi connectivity index (χ1) is 8.38. The third-order valence-corrected chi connectivity index (χ3v) is 4.31. The number of benzene rings is 2. The maximum Gasteiger partial charge on any atom is 0.124 e. The summed E-state index contributed by atoms with van der Waals surface area (Å²) in [7, 11) is 0. The van der Waals surface area contributed by atoms with Gasteiger partial charge in [-0.3, -0.25) is 0 Å². The summed E-state index contributed by atoms with van der Waals surface area (Å²) < 4.78 is 0. The third-order valence-electron chi connectivity index (χ3n) is 2.73. The van der Waals surface area contributed by atoms with Gasteiger partial charge in [0.2, 0.25) is 0 Å². The normalized spacial score (nSPS) is 10.9. The summed E-state index contributed by atoms with van der Waals surface area (Å²) in [5.41, 5.74) is 1.21. The Bertz CT molecular complexity index is 653. The van der Waals surface area contributed by atoms with Gasteiger partial charge in [-0.2, -0.15) is 12.6 Å². The van der Waals surface area contributed by atoms with Crippen LogP contribution in [-0.4, -0.2) is 4.98 Å². The van der Waals surface area contributed by atoms with E-state index in [9.17, 15) is 0 Å². The topological polar surface area (TPSA) is 12.9 Å². The van der Waals surface area contributed by atoms with E-state index in [-0.39, 0.29) is 0 Å². The molecule has 2 aromatic carbocycles. The first kappa shape index (κ1) is 10.8. The summed E-state index contributed by atoms with van der Waals surface area (Å²) in [4.78, 5) is 5.68. The second kappa shape index (κ2) is 4.51. The van der Waals surface area contributed by atoms with E-state index < -0.39 is 0 Å². The standard InChI is InChI=1S/C14H11NS2/c16-9-11-8-15-14(17-11)13-7-3-5-10-4-1-2-6-12(10)13/h1-8,16H,9H2. The van der Waals surface area contributed by atoms with Crippen LogP contribution in [0.1, 0.15) is 4.88 Å². The average molecular weight is 257 g/mol. The van der Waals surface area contributed by atoms with Crippen molar-refractivity contribution in [2.24, 2.45) is 0 Å². The zero-order chi connectivity index (χ0) is 11.7. The Morgan fingerprint density at radius 3 is 2.71 bits per heavy atom. The zero-order valence-corrected chi connectivity index (χ0v) is 10.8. The van der Waals surface area contributed by atoms with Crippen LogP contribution < -0.4 is 0 Å². The van der Waals surface area contributed by atoms with E-state index in [1.165, 1.54) is 21.2 Å². The van der Waals surface area contributed by atoms with Gasteiger partial charge in [-0.05, 0) is 10.8 Å². The van der Waals surface area contributed by atoms with Crippen molar-refractivity contribution in [3.8, 4) is 10.6 Å². The molecule has 3 heteroatoms. The second-order valence-corrected chi connectivity index (χ2v) is 5.25. The van der Waals surface area contributed by atoms with E-state index in [1.807, 2.05) is 6.20 Å². The molecule has 0 spiro atoms. The molecule has 0 fully saturated rings. The van der Waals surface area contributed by atoms with Gasteiger partial charge in [-0.15, -0.1) is 11.3 Å². The van der Waals surface area contributed by atoms with Crippen molar-refractivity contribution in [2.45, 2.75) is 5.75 Å². The molecule has 17 heavy (non-hydrogen) atoms. The van der Waals surface area contributed by atoms with Gasteiger partial charge >= 0.3 is 0 Å². The fourth-order valence-electron chi connectivity index (χ4n) is 1.92. The van der Waals surface area contributed by atoms with Crippen LogP contribution in [-0.2, 0) is 5.75 Å².